The van der Waals surface area contributed by atoms with Crippen molar-refractivity contribution in [3.8, 4) is 5.75 Å². The van der Waals surface area contributed by atoms with E-state index in [2.05, 4.69) is 9.88 Å². The van der Waals surface area contributed by atoms with Gasteiger partial charge >= 0.3 is 0 Å². The highest BCUT2D eigenvalue weighted by atomic mass is 16.5. The Kier molecular flexibility index (Phi) is 4.76. The highest BCUT2D eigenvalue weighted by molar-refractivity contribution is 5.78. The lowest BCUT2D eigenvalue weighted by Crippen LogP contribution is -2.63. The van der Waals surface area contributed by atoms with Crippen molar-refractivity contribution in [3.05, 3.63) is 24.5 Å². The van der Waals surface area contributed by atoms with Crippen LogP contribution in [0.15, 0.2) is 24.5 Å². The third-order valence-electron chi connectivity index (χ3n) is 4.66. The maximum absolute atomic E-state index is 12.1. The average molecular weight is 318 g/mol. The molecule has 1 aromatic heterocycles. The predicted molar refractivity (Wildman–Crippen MR) is 83.6 cm³/mol. The predicted octanol–water partition coefficient (Wildman–Crippen LogP) is -0.131. The number of likely N-dealkylation sites (tertiary alicyclic amines) is 2. The van der Waals surface area contributed by atoms with E-state index in [-0.39, 0.29) is 24.3 Å². The number of primary amides is 1. The first-order chi connectivity index (χ1) is 11.1. The third-order valence-corrected chi connectivity index (χ3v) is 4.66. The Morgan fingerprint density at radius 3 is 2.65 bits per heavy atom. The fourth-order valence-electron chi connectivity index (χ4n) is 3.11. The van der Waals surface area contributed by atoms with Crippen LogP contribution in [0.2, 0.25) is 0 Å². The highest BCUT2D eigenvalue weighted by Crippen LogP contribution is 2.23. The molecule has 0 atom stereocenters. The van der Waals surface area contributed by atoms with Crippen LogP contribution in [0.4, 0.5) is 0 Å². The number of amides is 2. The van der Waals surface area contributed by atoms with Crippen LogP contribution < -0.4 is 10.5 Å². The Morgan fingerprint density at radius 1 is 1.30 bits per heavy atom. The van der Waals surface area contributed by atoms with E-state index in [1.165, 1.54) is 0 Å². The monoisotopic (exact) mass is 318 g/mol. The van der Waals surface area contributed by atoms with Gasteiger partial charge in [0, 0.05) is 31.2 Å². The lowest BCUT2D eigenvalue weighted by Gasteiger charge is -2.47. The van der Waals surface area contributed by atoms with Crippen LogP contribution in [0.25, 0.3) is 0 Å². The first kappa shape index (κ1) is 15.7. The van der Waals surface area contributed by atoms with Crippen molar-refractivity contribution in [2.24, 2.45) is 11.7 Å². The Bertz CT molecular complexity index is 552. The molecule has 0 aliphatic carbocycles. The molecule has 2 amide bonds. The quantitative estimate of drug-likeness (QED) is 0.817. The summed E-state index contributed by atoms with van der Waals surface area (Å²) in [4.78, 5) is 31.3. The van der Waals surface area contributed by atoms with Gasteiger partial charge in [0.05, 0.1) is 6.20 Å². The SMILES string of the molecule is NC(=O)C1CCN(C2CN(C(=O)COc3cccnc3)C2)CC1. The topological polar surface area (TPSA) is 88.8 Å². The largest absolute Gasteiger partial charge is 0.482 e. The summed E-state index contributed by atoms with van der Waals surface area (Å²) in [6.07, 6.45) is 4.90. The maximum Gasteiger partial charge on any atom is 0.260 e. The third kappa shape index (κ3) is 3.79. The van der Waals surface area contributed by atoms with Crippen LogP contribution in [-0.4, -0.2) is 65.4 Å². The van der Waals surface area contributed by atoms with E-state index in [4.69, 9.17) is 10.5 Å². The number of aromatic nitrogens is 1. The van der Waals surface area contributed by atoms with Crippen LogP contribution in [0.5, 0.6) is 5.75 Å². The van der Waals surface area contributed by atoms with Crippen LogP contribution in [0.1, 0.15) is 12.8 Å². The van der Waals surface area contributed by atoms with Gasteiger partial charge in [-0.2, -0.15) is 0 Å². The summed E-state index contributed by atoms with van der Waals surface area (Å²) in [5.41, 5.74) is 5.35. The molecule has 3 heterocycles. The Hall–Kier alpha value is -2.15. The number of carbonyl (C=O) groups excluding carboxylic acids is 2. The number of nitrogens with zero attached hydrogens (tertiary/aromatic N) is 3. The molecule has 0 radical (unpaired) electrons. The van der Waals surface area contributed by atoms with Gasteiger partial charge < -0.3 is 15.4 Å². The number of hydrogen-bond donors (Lipinski definition) is 1. The molecule has 2 aliphatic heterocycles. The van der Waals surface area contributed by atoms with Crippen molar-refractivity contribution < 1.29 is 14.3 Å². The molecule has 0 spiro atoms. The van der Waals surface area contributed by atoms with E-state index in [9.17, 15) is 9.59 Å². The lowest BCUT2D eigenvalue weighted by molar-refractivity contribution is -0.141. The van der Waals surface area contributed by atoms with E-state index >= 15 is 0 Å². The molecule has 2 N–H and O–H groups in total. The molecule has 2 aliphatic rings. The molecule has 0 aromatic carbocycles. The summed E-state index contributed by atoms with van der Waals surface area (Å²) < 4.78 is 5.43. The van der Waals surface area contributed by atoms with Gasteiger partial charge in [0.2, 0.25) is 5.91 Å². The number of piperidine rings is 1. The minimum absolute atomic E-state index is 0.00266. The van der Waals surface area contributed by atoms with Crippen molar-refractivity contribution in [2.75, 3.05) is 32.8 Å². The zero-order valence-corrected chi connectivity index (χ0v) is 13.1. The molecule has 2 saturated heterocycles. The van der Waals surface area contributed by atoms with Gasteiger partial charge in [0.1, 0.15) is 5.75 Å². The van der Waals surface area contributed by atoms with E-state index in [1.807, 2.05) is 0 Å². The van der Waals surface area contributed by atoms with Gasteiger partial charge in [-0.15, -0.1) is 0 Å². The highest BCUT2D eigenvalue weighted by Gasteiger charge is 2.36. The van der Waals surface area contributed by atoms with Crippen LogP contribution in [-0.2, 0) is 9.59 Å². The van der Waals surface area contributed by atoms with Gasteiger partial charge in [-0.25, -0.2) is 0 Å². The second kappa shape index (κ2) is 6.95. The number of pyridine rings is 1. The summed E-state index contributed by atoms with van der Waals surface area (Å²) in [7, 11) is 0. The fourth-order valence-corrected chi connectivity index (χ4v) is 3.11. The summed E-state index contributed by atoms with van der Waals surface area (Å²) in [6.45, 7) is 3.27. The molecule has 3 rings (SSSR count). The number of carbonyl (C=O) groups is 2. The van der Waals surface area contributed by atoms with Crippen LogP contribution in [0.3, 0.4) is 0 Å². The first-order valence-corrected chi connectivity index (χ1v) is 7.97. The molecule has 7 heteroatoms. The number of ether oxygens (including phenoxy) is 1. The second-order valence-electron chi connectivity index (χ2n) is 6.14. The van der Waals surface area contributed by atoms with Gasteiger partial charge in [-0.1, -0.05) is 0 Å². The van der Waals surface area contributed by atoms with Gasteiger partial charge in [0.25, 0.3) is 5.91 Å². The lowest BCUT2D eigenvalue weighted by atomic mass is 9.94. The van der Waals surface area contributed by atoms with Gasteiger partial charge in [-0.3, -0.25) is 19.5 Å². The second-order valence-corrected chi connectivity index (χ2v) is 6.14. The number of nitrogens with two attached hydrogens (primary N) is 1. The van der Waals surface area contributed by atoms with Crippen LogP contribution in [0, 0.1) is 5.92 Å². The summed E-state index contributed by atoms with van der Waals surface area (Å²) in [6, 6.07) is 3.95. The Labute approximate surface area is 135 Å². The standard InChI is InChI=1S/C16H22N4O3/c17-16(22)12-3-6-19(7-4-12)13-9-20(10-13)15(21)11-23-14-2-1-5-18-8-14/h1-2,5,8,12-13H,3-4,6-7,9-11H2,(H2,17,22). The fraction of sp³-hybridized carbons (Fsp3) is 0.562. The van der Waals surface area contributed by atoms with Crippen molar-refractivity contribution in [2.45, 2.75) is 18.9 Å². The maximum atomic E-state index is 12.1. The summed E-state index contributed by atoms with van der Waals surface area (Å²) >= 11 is 0. The van der Waals surface area contributed by atoms with Gasteiger partial charge in [-0.05, 0) is 38.1 Å². The molecule has 124 valence electrons. The molecule has 0 saturated carbocycles. The van der Waals surface area contributed by atoms with E-state index in [0.29, 0.717) is 11.8 Å². The molecule has 2 fully saturated rings. The van der Waals surface area contributed by atoms with E-state index < -0.39 is 0 Å². The minimum atomic E-state index is -0.192. The molecule has 0 unspecified atom stereocenters. The average Bonchev–Trinajstić information content (AvgIpc) is 2.53. The first-order valence-electron chi connectivity index (χ1n) is 7.97. The zero-order valence-electron chi connectivity index (χ0n) is 13.1. The Morgan fingerprint density at radius 2 is 2.04 bits per heavy atom. The van der Waals surface area contributed by atoms with Crippen molar-refractivity contribution in [1.29, 1.82) is 0 Å². The van der Waals surface area contributed by atoms with Crippen molar-refractivity contribution >= 4 is 11.8 Å². The van der Waals surface area contributed by atoms with E-state index in [1.54, 1.807) is 29.4 Å². The number of rotatable bonds is 5. The molecule has 1 aromatic rings. The molecular weight excluding hydrogens is 296 g/mol. The summed E-state index contributed by atoms with van der Waals surface area (Å²) in [5.74, 6) is 0.420. The van der Waals surface area contributed by atoms with Crippen molar-refractivity contribution in [1.82, 2.24) is 14.8 Å². The number of hydrogen-bond acceptors (Lipinski definition) is 5. The molecule has 23 heavy (non-hydrogen) atoms. The van der Waals surface area contributed by atoms with Gasteiger partial charge in [0.15, 0.2) is 6.61 Å². The van der Waals surface area contributed by atoms with Crippen molar-refractivity contribution in [3.63, 3.8) is 0 Å². The molecule has 7 nitrogen and oxygen atoms in total. The normalized spacial score (nSPS) is 20.1. The van der Waals surface area contributed by atoms with E-state index in [0.717, 1.165) is 39.0 Å². The summed E-state index contributed by atoms with van der Waals surface area (Å²) in [5, 5.41) is 0. The molecule has 0 bridgehead atoms. The minimum Gasteiger partial charge on any atom is -0.482 e. The Balaban J connectivity index is 1.37. The zero-order chi connectivity index (χ0) is 16.2. The van der Waals surface area contributed by atoms with Crippen LogP contribution >= 0.6 is 0 Å². The molecular formula is C16H22N4O3. The smallest absolute Gasteiger partial charge is 0.260 e.